The fourth-order valence-electron chi connectivity index (χ4n) is 1.07. The highest BCUT2D eigenvalue weighted by Gasteiger charge is 2.33. The second kappa shape index (κ2) is 4.58. The molecule has 0 spiro atoms. The van der Waals surface area contributed by atoms with E-state index in [1.807, 2.05) is 5.92 Å². The number of halogens is 3. The quantitative estimate of drug-likeness (QED) is 0.751. The molecule has 2 nitrogen and oxygen atoms in total. The van der Waals surface area contributed by atoms with Crippen LogP contribution in [0, 0.1) is 12.3 Å². The van der Waals surface area contributed by atoms with Gasteiger partial charge in [0.05, 0.1) is 5.56 Å². The molecule has 0 aliphatic carbocycles. The van der Waals surface area contributed by atoms with Gasteiger partial charge < -0.3 is 4.18 Å². The molecular weight excluding hydrogens is 241 g/mol. The Balaban J connectivity index is 3.23. The summed E-state index contributed by atoms with van der Waals surface area (Å²) >= 11 is -1.68. The summed E-state index contributed by atoms with van der Waals surface area (Å²) in [5, 5.41) is 0. The lowest BCUT2D eigenvalue weighted by Gasteiger charge is -2.10. The molecule has 0 amide bonds. The Morgan fingerprint density at radius 1 is 1.44 bits per heavy atom. The molecule has 1 aromatic carbocycles. The lowest BCUT2D eigenvalue weighted by atomic mass is 10.1. The summed E-state index contributed by atoms with van der Waals surface area (Å²) in [5.41, 5.74) is -1.25. The van der Waals surface area contributed by atoms with Crippen LogP contribution in [0.5, 0.6) is 5.75 Å². The standard InChI is InChI=1S/C10H7F3O2S/c1-3-7-4-5-8(15-16(2)14)6-9(7)10(11,12)13/h1,4-6H,2H3. The van der Waals surface area contributed by atoms with Crippen LogP contribution in [0.2, 0.25) is 0 Å². The van der Waals surface area contributed by atoms with Crippen LogP contribution in [0.15, 0.2) is 18.2 Å². The molecule has 1 aromatic rings. The lowest BCUT2D eigenvalue weighted by Crippen LogP contribution is -2.08. The SMILES string of the molecule is C#Cc1ccc(OS(C)=O)cc1C(F)(F)F. The van der Waals surface area contributed by atoms with Crippen LogP contribution in [-0.4, -0.2) is 10.5 Å². The van der Waals surface area contributed by atoms with Gasteiger partial charge in [0.1, 0.15) is 5.75 Å². The van der Waals surface area contributed by atoms with E-state index >= 15 is 0 Å². The van der Waals surface area contributed by atoms with Crippen molar-refractivity contribution in [3.63, 3.8) is 0 Å². The predicted octanol–water partition coefficient (Wildman–Crippen LogP) is 2.36. The maximum atomic E-state index is 12.5. The first-order valence-corrected chi connectivity index (χ1v) is 5.52. The fourth-order valence-corrected chi connectivity index (χ4v) is 1.45. The van der Waals surface area contributed by atoms with Crippen LogP contribution in [0.1, 0.15) is 11.1 Å². The molecular formula is C10H7F3O2S. The highest BCUT2D eigenvalue weighted by Crippen LogP contribution is 2.34. The normalized spacial score (nSPS) is 12.9. The Kier molecular flexibility index (Phi) is 3.60. The second-order valence-electron chi connectivity index (χ2n) is 2.83. The number of terminal acetylenes is 1. The summed E-state index contributed by atoms with van der Waals surface area (Å²) in [5.74, 6) is 1.80. The Bertz CT molecular complexity index is 460. The molecule has 86 valence electrons. The molecule has 1 unspecified atom stereocenters. The van der Waals surface area contributed by atoms with Crippen molar-refractivity contribution in [2.75, 3.05) is 6.26 Å². The first kappa shape index (κ1) is 12.6. The van der Waals surface area contributed by atoms with Crippen molar-refractivity contribution in [2.24, 2.45) is 0 Å². The van der Waals surface area contributed by atoms with Crippen molar-refractivity contribution in [2.45, 2.75) is 6.18 Å². The van der Waals surface area contributed by atoms with Gasteiger partial charge in [-0.05, 0) is 18.2 Å². The smallest absolute Gasteiger partial charge is 0.401 e. The highest BCUT2D eigenvalue weighted by molar-refractivity contribution is 7.79. The van der Waals surface area contributed by atoms with Gasteiger partial charge in [-0.3, -0.25) is 0 Å². The average Bonchev–Trinajstić information content (AvgIpc) is 2.15. The molecule has 1 rings (SSSR count). The number of benzene rings is 1. The first-order valence-electron chi connectivity index (χ1n) is 4.04. The fraction of sp³-hybridized carbons (Fsp3) is 0.200. The van der Waals surface area contributed by atoms with Gasteiger partial charge in [0.25, 0.3) is 0 Å². The highest BCUT2D eigenvalue weighted by atomic mass is 32.2. The minimum absolute atomic E-state index is 0.132. The average molecular weight is 248 g/mol. The molecule has 0 aromatic heterocycles. The second-order valence-corrected chi connectivity index (χ2v) is 3.80. The predicted molar refractivity (Wildman–Crippen MR) is 54.1 cm³/mol. The van der Waals surface area contributed by atoms with E-state index in [-0.39, 0.29) is 11.3 Å². The third-order valence-electron chi connectivity index (χ3n) is 1.67. The zero-order valence-electron chi connectivity index (χ0n) is 8.17. The van der Waals surface area contributed by atoms with Gasteiger partial charge in [-0.25, -0.2) is 4.21 Å². The van der Waals surface area contributed by atoms with Crippen LogP contribution in [-0.2, 0) is 17.3 Å². The lowest BCUT2D eigenvalue weighted by molar-refractivity contribution is -0.137. The number of alkyl halides is 3. The van der Waals surface area contributed by atoms with Gasteiger partial charge in [0.15, 0.2) is 0 Å². The van der Waals surface area contributed by atoms with Crippen molar-refractivity contribution < 1.29 is 21.6 Å². The van der Waals surface area contributed by atoms with E-state index in [9.17, 15) is 17.4 Å². The summed E-state index contributed by atoms with van der Waals surface area (Å²) in [6.07, 6.45) is 1.60. The molecule has 0 aliphatic rings. The van der Waals surface area contributed by atoms with Crippen LogP contribution >= 0.6 is 0 Å². The van der Waals surface area contributed by atoms with Crippen LogP contribution in [0.4, 0.5) is 13.2 Å². The molecule has 6 heteroatoms. The molecule has 0 heterocycles. The number of hydrogen-bond donors (Lipinski definition) is 0. The summed E-state index contributed by atoms with van der Waals surface area (Å²) in [7, 11) is 0. The molecule has 0 saturated heterocycles. The van der Waals surface area contributed by atoms with Crippen molar-refractivity contribution in [1.82, 2.24) is 0 Å². The van der Waals surface area contributed by atoms with Gasteiger partial charge in [-0.15, -0.1) is 6.42 Å². The summed E-state index contributed by atoms with van der Waals surface area (Å²) in [4.78, 5) is 0. The number of hydrogen-bond acceptors (Lipinski definition) is 2. The largest absolute Gasteiger partial charge is 0.417 e. The van der Waals surface area contributed by atoms with Crippen molar-refractivity contribution in [3.8, 4) is 18.1 Å². The van der Waals surface area contributed by atoms with Crippen LogP contribution in [0.25, 0.3) is 0 Å². The Morgan fingerprint density at radius 2 is 2.06 bits per heavy atom. The third kappa shape index (κ3) is 3.00. The molecule has 0 bridgehead atoms. The molecule has 0 aliphatic heterocycles. The van der Waals surface area contributed by atoms with Gasteiger partial charge in [-0.1, -0.05) is 5.92 Å². The zero-order valence-corrected chi connectivity index (χ0v) is 8.98. The molecule has 16 heavy (non-hydrogen) atoms. The van der Waals surface area contributed by atoms with E-state index in [0.717, 1.165) is 12.1 Å². The molecule has 1 atom stereocenters. The van der Waals surface area contributed by atoms with E-state index in [0.29, 0.717) is 0 Å². The van der Waals surface area contributed by atoms with Crippen molar-refractivity contribution in [3.05, 3.63) is 29.3 Å². The van der Waals surface area contributed by atoms with E-state index in [1.54, 1.807) is 0 Å². The molecule has 0 fully saturated rings. The van der Waals surface area contributed by atoms with E-state index in [4.69, 9.17) is 6.42 Å². The van der Waals surface area contributed by atoms with Crippen molar-refractivity contribution >= 4 is 11.1 Å². The van der Waals surface area contributed by atoms with Crippen LogP contribution in [0.3, 0.4) is 0 Å². The first-order chi connectivity index (χ1) is 7.34. The Hall–Kier alpha value is -1.48. The van der Waals surface area contributed by atoms with Gasteiger partial charge in [-0.2, -0.15) is 13.2 Å². The Morgan fingerprint density at radius 3 is 2.50 bits per heavy atom. The van der Waals surface area contributed by atoms with Crippen LogP contribution < -0.4 is 4.18 Å². The molecule has 0 N–H and O–H groups in total. The van der Waals surface area contributed by atoms with E-state index < -0.39 is 22.8 Å². The topological polar surface area (TPSA) is 26.3 Å². The molecule has 0 radical (unpaired) electrons. The monoisotopic (exact) mass is 248 g/mol. The molecule has 0 saturated carbocycles. The van der Waals surface area contributed by atoms with E-state index in [2.05, 4.69) is 4.18 Å². The van der Waals surface area contributed by atoms with Gasteiger partial charge in [0, 0.05) is 11.8 Å². The maximum absolute atomic E-state index is 12.5. The zero-order chi connectivity index (χ0) is 12.3. The van der Waals surface area contributed by atoms with Crippen molar-refractivity contribution in [1.29, 1.82) is 0 Å². The van der Waals surface area contributed by atoms with Gasteiger partial charge >= 0.3 is 6.18 Å². The maximum Gasteiger partial charge on any atom is 0.417 e. The summed E-state index contributed by atoms with van der Waals surface area (Å²) < 4.78 is 52.9. The summed E-state index contributed by atoms with van der Waals surface area (Å²) in [6.45, 7) is 0. The number of rotatable bonds is 2. The summed E-state index contributed by atoms with van der Waals surface area (Å²) in [6, 6.07) is 3.08. The minimum atomic E-state index is -4.56. The minimum Gasteiger partial charge on any atom is -0.401 e. The third-order valence-corrected chi connectivity index (χ3v) is 2.09. The van der Waals surface area contributed by atoms with Gasteiger partial charge in [0.2, 0.25) is 11.1 Å². The van der Waals surface area contributed by atoms with E-state index in [1.165, 1.54) is 12.3 Å². The Labute approximate surface area is 93.1 Å².